The normalized spacial score (nSPS) is 11.1. The van der Waals surface area contributed by atoms with Crippen LogP contribution in [0.3, 0.4) is 0 Å². The van der Waals surface area contributed by atoms with Crippen molar-refractivity contribution in [3.8, 4) is 0 Å². The molecule has 0 atom stereocenters. The Kier molecular flexibility index (Phi) is 5.12. The number of rotatable bonds is 6. The summed E-state index contributed by atoms with van der Waals surface area (Å²) in [7, 11) is 0. The maximum Gasteiger partial charge on any atom is 0.0941 e. The quantitative estimate of drug-likeness (QED) is 0.733. The Morgan fingerprint density at radius 3 is 2.79 bits per heavy atom. The van der Waals surface area contributed by atoms with E-state index in [2.05, 4.69) is 36.5 Å². The summed E-state index contributed by atoms with van der Waals surface area (Å²) in [5, 5.41) is 6.83. The molecule has 0 aromatic carbocycles. The molecule has 0 spiro atoms. The number of thiazole rings is 1. The molecule has 0 bridgehead atoms. The van der Waals surface area contributed by atoms with Crippen molar-refractivity contribution in [2.24, 2.45) is 0 Å². The molecule has 14 heavy (non-hydrogen) atoms. The summed E-state index contributed by atoms with van der Waals surface area (Å²) in [5.74, 6) is 0.559. The van der Waals surface area contributed by atoms with Gasteiger partial charge in [-0.05, 0) is 18.9 Å². The van der Waals surface area contributed by atoms with Crippen molar-refractivity contribution in [2.75, 3.05) is 13.1 Å². The largest absolute Gasteiger partial charge is 0.316 e. The molecule has 0 saturated heterocycles. The summed E-state index contributed by atoms with van der Waals surface area (Å²) in [6.07, 6.45) is 2.27. The summed E-state index contributed by atoms with van der Waals surface area (Å²) in [5.41, 5.74) is 1.24. The predicted octanol–water partition coefficient (Wildman–Crippen LogP) is 2.81. The third-order valence-electron chi connectivity index (χ3n) is 2.10. The van der Waals surface area contributed by atoms with Crippen molar-refractivity contribution in [2.45, 2.75) is 39.5 Å². The van der Waals surface area contributed by atoms with Gasteiger partial charge in [-0.2, -0.15) is 0 Å². The molecule has 1 rings (SSSR count). The van der Waals surface area contributed by atoms with Gasteiger partial charge in [-0.15, -0.1) is 11.3 Å². The molecular formula is C11H20N2S. The van der Waals surface area contributed by atoms with Gasteiger partial charge in [0.15, 0.2) is 0 Å². The lowest BCUT2D eigenvalue weighted by atomic mass is 10.2. The van der Waals surface area contributed by atoms with Gasteiger partial charge in [-0.3, -0.25) is 0 Å². The van der Waals surface area contributed by atoms with Crippen LogP contribution in [-0.2, 0) is 6.42 Å². The minimum absolute atomic E-state index is 0.559. The van der Waals surface area contributed by atoms with Crippen LogP contribution in [-0.4, -0.2) is 18.1 Å². The zero-order chi connectivity index (χ0) is 10.4. The second-order valence-corrected chi connectivity index (χ2v) is 4.76. The molecule has 0 aliphatic carbocycles. The van der Waals surface area contributed by atoms with Crippen molar-refractivity contribution in [3.05, 3.63) is 16.1 Å². The number of hydrogen-bond donors (Lipinski definition) is 1. The molecule has 2 nitrogen and oxygen atoms in total. The van der Waals surface area contributed by atoms with Gasteiger partial charge in [-0.25, -0.2) is 4.98 Å². The summed E-state index contributed by atoms with van der Waals surface area (Å²) in [6.45, 7) is 8.73. The molecule has 0 saturated carbocycles. The van der Waals surface area contributed by atoms with Crippen LogP contribution in [0, 0.1) is 0 Å². The van der Waals surface area contributed by atoms with E-state index in [-0.39, 0.29) is 0 Å². The Bertz CT molecular complexity index is 256. The summed E-state index contributed by atoms with van der Waals surface area (Å²) in [4.78, 5) is 4.59. The van der Waals surface area contributed by atoms with E-state index in [0.717, 1.165) is 19.5 Å². The topological polar surface area (TPSA) is 24.9 Å². The van der Waals surface area contributed by atoms with Crippen molar-refractivity contribution in [3.63, 3.8) is 0 Å². The number of hydrogen-bond acceptors (Lipinski definition) is 3. The fourth-order valence-electron chi connectivity index (χ4n) is 1.20. The average Bonchev–Trinajstić information content (AvgIpc) is 2.61. The first-order chi connectivity index (χ1) is 6.74. The molecule has 80 valence electrons. The van der Waals surface area contributed by atoms with Crippen LogP contribution in [0.15, 0.2) is 5.38 Å². The van der Waals surface area contributed by atoms with E-state index in [9.17, 15) is 0 Å². The van der Waals surface area contributed by atoms with E-state index in [1.807, 2.05) is 0 Å². The van der Waals surface area contributed by atoms with Crippen LogP contribution in [0.2, 0.25) is 0 Å². The molecule has 0 fully saturated rings. The first kappa shape index (κ1) is 11.7. The molecule has 0 unspecified atom stereocenters. The molecule has 1 aromatic heterocycles. The van der Waals surface area contributed by atoms with Crippen molar-refractivity contribution in [1.82, 2.24) is 10.3 Å². The summed E-state index contributed by atoms with van der Waals surface area (Å²) < 4.78 is 0. The van der Waals surface area contributed by atoms with Gasteiger partial charge in [0.1, 0.15) is 0 Å². The van der Waals surface area contributed by atoms with E-state index in [1.54, 1.807) is 11.3 Å². The highest BCUT2D eigenvalue weighted by atomic mass is 32.1. The lowest BCUT2D eigenvalue weighted by molar-refractivity contribution is 0.668. The third kappa shape index (κ3) is 3.76. The Hall–Kier alpha value is -0.410. The molecule has 3 heteroatoms. The number of nitrogens with one attached hydrogen (secondary N) is 1. The lowest BCUT2D eigenvalue weighted by Gasteiger charge is -2.00. The van der Waals surface area contributed by atoms with Crippen molar-refractivity contribution < 1.29 is 0 Å². The Labute approximate surface area is 90.8 Å². The predicted molar refractivity (Wildman–Crippen MR) is 63.1 cm³/mol. The van der Waals surface area contributed by atoms with Gasteiger partial charge < -0.3 is 5.32 Å². The first-order valence-corrected chi connectivity index (χ1v) is 6.27. The van der Waals surface area contributed by atoms with Gasteiger partial charge in [0.25, 0.3) is 0 Å². The standard InChI is InChI=1S/C11H20N2S/c1-4-6-12-7-5-11-13-10(8-14-11)9(2)3/h8-9,12H,4-7H2,1-3H3. The third-order valence-corrected chi connectivity index (χ3v) is 3.03. The monoisotopic (exact) mass is 212 g/mol. The smallest absolute Gasteiger partial charge is 0.0941 e. The second kappa shape index (κ2) is 6.14. The van der Waals surface area contributed by atoms with Crippen LogP contribution in [0.1, 0.15) is 43.8 Å². The fourth-order valence-corrected chi connectivity index (χ4v) is 2.16. The van der Waals surface area contributed by atoms with Gasteiger partial charge >= 0.3 is 0 Å². The number of nitrogens with zero attached hydrogens (tertiary/aromatic N) is 1. The van der Waals surface area contributed by atoms with E-state index >= 15 is 0 Å². The van der Waals surface area contributed by atoms with Crippen LogP contribution in [0.5, 0.6) is 0 Å². The van der Waals surface area contributed by atoms with Gasteiger partial charge in [-0.1, -0.05) is 20.8 Å². The summed E-state index contributed by atoms with van der Waals surface area (Å²) >= 11 is 1.78. The maximum absolute atomic E-state index is 4.59. The molecule has 0 aliphatic rings. The maximum atomic E-state index is 4.59. The van der Waals surface area contributed by atoms with E-state index in [4.69, 9.17) is 0 Å². The highest BCUT2D eigenvalue weighted by Gasteiger charge is 2.04. The molecule has 0 radical (unpaired) electrons. The van der Waals surface area contributed by atoms with Crippen LogP contribution in [0.4, 0.5) is 0 Å². The van der Waals surface area contributed by atoms with Crippen molar-refractivity contribution in [1.29, 1.82) is 0 Å². The second-order valence-electron chi connectivity index (χ2n) is 3.82. The zero-order valence-electron chi connectivity index (χ0n) is 9.34. The Balaban J connectivity index is 2.29. The number of aromatic nitrogens is 1. The molecule has 0 aliphatic heterocycles. The molecule has 0 amide bonds. The van der Waals surface area contributed by atoms with E-state index < -0.39 is 0 Å². The molecule has 1 aromatic rings. The van der Waals surface area contributed by atoms with E-state index in [0.29, 0.717) is 5.92 Å². The molecule has 1 N–H and O–H groups in total. The van der Waals surface area contributed by atoms with Gasteiger partial charge in [0.2, 0.25) is 0 Å². The zero-order valence-corrected chi connectivity index (χ0v) is 10.2. The Morgan fingerprint density at radius 2 is 2.21 bits per heavy atom. The molecular weight excluding hydrogens is 192 g/mol. The van der Waals surface area contributed by atoms with Gasteiger partial charge in [0, 0.05) is 18.3 Å². The summed E-state index contributed by atoms with van der Waals surface area (Å²) in [6, 6.07) is 0. The highest BCUT2D eigenvalue weighted by Crippen LogP contribution is 2.17. The van der Waals surface area contributed by atoms with E-state index in [1.165, 1.54) is 17.1 Å². The fraction of sp³-hybridized carbons (Fsp3) is 0.727. The highest BCUT2D eigenvalue weighted by molar-refractivity contribution is 7.09. The lowest BCUT2D eigenvalue weighted by Crippen LogP contribution is -2.17. The van der Waals surface area contributed by atoms with Crippen LogP contribution < -0.4 is 5.32 Å². The minimum Gasteiger partial charge on any atom is -0.316 e. The van der Waals surface area contributed by atoms with Crippen LogP contribution >= 0.6 is 11.3 Å². The average molecular weight is 212 g/mol. The Morgan fingerprint density at radius 1 is 1.43 bits per heavy atom. The van der Waals surface area contributed by atoms with Gasteiger partial charge in [0.05, 0.1) is 10.7 Å². The van der Waals surface area contributed by atoms with Crippen molar-refractivity contribution >= 4 is 11.3 Å². The first-order valence-electron chi connectivity index (χ1n) is 5.39. The minimum atomic E-state index is 0.559. The molecule has 1 heterocycles. The SMILES string of the molecule is CCCNCCc1nc(C(C)C)cs1. The van der Waals surface area contributed by atoms with Crippen LogP contribution in [0.25, 0.3) is 0 Å².